The van der Waals surface area contributed by atoms with Gasteiger partial charge in [0.25, 0.3) is 0 Å². The van der Waals surface area contributed by atoms with Crippen molar-refractivity contribution in [1.82, 2.24) is 9.97 Å². The number of nitrogens with zero attached hydrogens (tertiary/aromatic N) is 1. The highest BCUT2D eigenvalue weighted by molar-refractivity contribution is 7.79. The number of hydrogen-bond acceptors (Lipinski definition) is 5. The van der Waals surface area contributed by atoms with Crippen molar-refractivity contribution in [3.05, 3.63) is 58.7 Å². The molecule has 24 heavy (non-hydrogen) atoms. The molecular formula is C16H12N2O5S. The summed E-state index contributed by atoms with van der Waals surface area (Å²) in [5.41, 5.74) is 1.80. The first-order valence-corrected chi connectivity index (χ1v) is 7.95. The van der Waals surface area contributed by atoms with Crippen molar-refractivity contribution >= 4 is 33.7 Å². The van der Waals surface area contributed by atoms with Crippen LogP contribution in [0.25, 0.3) is 11.0 Å². The van der Waals surface area contributed by atoms with E-state index in [0.29, 0.717) is 16.6 Å². The Balaban J connectivity index is 0.000000815. The molecule has 3 N–H and O–H groups in total. The average molecular weight is 344 g/mol. The van der Waals surface area contributed by atoms with Gasteiger partial charge in [-0.25, -0.2) is 9.19 Å². The first-order chi connectivity index (χ1) is 11.6. The number of benzene rings is 2. The van der Waals surface area contributed by atoms with Gasteiger partial charge < -0.3 is 10.1 Å². The zero-order valence-electron chi connectivity index (χ0n) is 12.4. The molecule has 0 bridgehead atoms. The Hall–Kier alpha value is -2.68. The maximum Gasteiger partial charge on any atom is 0.225 e. The second-order valence-electron chi connectivity index (χ2n) is 4.88. The summed E-state index contributed by atoms with van der Waals surface area (Å²) in [6, 6.07) is 9.71. The molecule has 3 aromatic rings. The molecule has 0 saturated carbocycles. The number of H-pyrrole nitrogens is 1. The predicted molar refractivity (Wildman–Crippen MR) is 86.6 cm³/mol. The summed E-state index contributed by atoms with van der Waals surface area (Å²) in [5, 5.41) is 6.85. The SMILES string of the molecule is CO.O=C1c2ccccc2C(=O)c2c1ccc1[nH]c(S(=O)O)nc21. The Kier molecular flexibility index (Phi) is 4.10. The standard InChI is InChI=1S/C15H8N2O4S.CH4O/c18-13-7-3-1-2-4-8(7)14(19)11-9(13)5-6-10-12(11)17-15(16-10)22(20)21;1-2/h1-6H,(H,16,17)(H,20,21);2H,1H3. The van der Waals surface area contributed by atoms with Crippen molar-refractivity contribution < 1.29 is 23.5 Å². The summed E-state index contributed by atoms with van der Waals surface area (Å²) in [7, 11) is 1.00. The van der Waals surface area contributed by atoms with Crippen LogP contribution in [0.3, 0.4) is 0 Å². The number of aliphatic hydroxyl groups is 1. The lowest BCUT2D eigenvalue weighted by Crippen LogP contribution is -2.21. The summed E-state index contributed by atoms with van der Waals surface area (Å²) >= 11 is -2.29. The van der Waals surface area contributed by atoms with Crippen LogP contribution in [0.1, 0.15) is 31.8 Å². The lowest BCUT2D eigenvalue weighted by molar-refractivity contribution is 0.0980. The number of aromatic nitrogens is 2. The Morgan fingerprint density at radius 1 is 0.958 bits per heavy atom. The topological polar surface area (TPSA) is 120 Å². The molecule has 1 aliphatic carbocycles. The smallest absolute Gasteiger partial charge is 0.225 e. The highest BCUT2D eigenvalue weighted by atomic mass is 32.2. The molecule has 122 valence electrons. The van der Waals surface area contributed by atoms with E-state index < -0.39 is 11.1 Å². The van der Waals surface area contributed by atoms with Crippen LogP contribution < -0.4 is 0 Å². The van der Waals surface area contributed by atoms with Crippen LogP contribution in [0, 0.1) is 0 Å². The predicted octanol–water partition coefficient (Wildman–Crippen LogP) is 1.53. The minimum atomic E-state index is -2.29. The number of carbonyl (C=O) groups is 2. The molecule has 8 heteroatoms. The van der Waals surface area contributed by atoms with Crippen LogP contribution in [0.5, 0.6) is 0 Å². The molecule has 0 radical (unpaired) electrons. The average Bonchev–Trinajstić information content (AvgIpc) is 3.05. The molecule has 0 amide bonds. The van der Waals surface area contributed by atoms with Gasteiger partial charge in [0.2, 0.25) is 16.2 Å². The molecular weight excluding hydrogens is 332 g/mol. The highest BCUT2D eigenvalue weighted by Gasteiger charge is 2.32. The summed E-state index contributed by atoms with van der Waals surface area (Å²) in [6.07, 6.45) is 0. The number of rotatable bonds is 1. The van der Waals surface area contributed by atoms with Gasteiger partial charge in [-0.15, -0.1) is 0 Å². The van der Waals surface area contributed by atoms with Gasteiger partial charge >= 0.3 is 0 Å². The molecule has 4 rings (SSSR count). The lowest BCUT2D eigenvalue weighted by atomic mass is 9.83. The van der Waals surface area contributed by atoms with Crippen molar-refractivity contribution in [3.8, 4) is 0 Å². The van der Waals surface area contributed by atoms with E-state index in [4.69, 9.17) is 9.66 Å². The van der Waals surface area contributed by atoms with Crippen LogP contribution in [0.2, 0.25) is 0 Å². The van der Waals surface area contributed by atoms with Crippen molar-refractivity contribution in [3.63, 3.8) is 0 Å². The van der Waals surface area contributed by atoms with E-state index >= 15 is 0 Å². The van der Waals surface area contributed by atoms with E-state index in [1.165, 1.54) is 6.07 Å². The monoisotopic (exact) mass is 344 g/mol. The lowest BCUT2D eigenvalue weighted by Gasteiger charge is -2.17. The maximum absolute atomic E-state index is 12.7. The van der Waals surface area contributed by atoms with Crippen LogP contribution in [-0.4, -0.2) is 42.5 Å². The molecule has 0 aliphatic heterocycles. The second kappa shape index (κ2) is 6.08. The van der Waals surface area contributed by atoms with Gasteiger partial charge in [0.1, 0.15) is 5.52 Å². The molecule has 1 atom stereocenters. The van der Waals surface area contributed by atoms with E-state index in [-0.39, 0.29) is 33.4 Å². The number of fused-ring (bicyclic) bond motifs is 4. The fourth-order valence-electron chi connectivity index (χ4n) is 2.71. The molecule has 0 saturated heterocycles. The molecule has 1 unspecified atom stereocenters. The number of nitrogens with one attached hydrogen (secondary N) is 1. The van der Waals surface area contributed by atoms with Gasteiger partial charge in [0, 0.05) is 23.8 Å². The Bertz CT molecular complexity index is 1010. The Morgan fingerprint density at radius 2 is 1.58 bits per heavy atom. The van der Waals surface area contributed by atoms with E-state index in [0.717, 1.165) is 7.11 Å². The number of imidazole rings is 1. The number of carbonyl (C=O) groups excluding carboxylic acids is 2. The normalized spacial score (nSPS) is 13.8. The van der Waals surface area contributed by atoms with Gasteiger partial charge in [0.15, 0.2) is 11.6 Å². The molecule has 7 nitrogen and oxygen atoms in total. The number of aliphatic hydroxyl groups excluding tert-OH is 1. The third-order valence-corrected chi connectivity index (χ3v) is 4.21. The van der Waals surface area contributed by atoms with Crippen LogP contribution in [0.4, 0.5) is 0 Å². The quantitative estimate of drug-likeness (QED) is 0.450. The number of ketones is 2. The van der Waals surface area contributed by atoms with E-state index in [1.54, 1.807) is 30.3 Å². The van der Waals surface area contributed by atoms with Crippen molar-refractivity contribution in [2.75, 3.05) is 7.11 Å². The molecule has 1 aliphatic rings. The molecule has 1 heterocycles. The minimum Gasteiger partial charge on any atom is -0.400 e. The van der Waals surface area contributed by atoms with E-state index in [2.05, 4.69) is 9.97 Å². The molecule has 2 aromatic carbocycles. The summed E-state index contributed by atoms with van der Waals surface area (Å²) < 4.78 is 20.3. The van der Waals surface area contributed by atoms with Crippen molar-refractivity contribution in [2.45, 2.75) is 5.16 Å². The van der Waals surface area contributed by atoms with Gasteiger partial charge in [-0.2, -0.15) is 0 Å². The van der Waals surface area contributed by atoms with Crippen LogP contribution in [0.15, 0.2) is 41.6 Å². The zero-order valence-corrected chi connectivity index (χ0v) is 13.3. The Labute approximate surface area is 138 Å². The largest absolute Gasteiger partial charge is 0.400 e. The fraction of sp³-hybridized carbons (Fsp3) is 0.0625. The van der Waals surface area contributed by atoms with Crippen LogP contribution >= 0.6 is 0 Å². The number of aromatic amines is 1. The van der Waals surface area contributed by atoms with Gasteiger partial charge in [0.05, 0.1) is 11.1 Å². The minimum absolute atomic E-state index is 0.150. The maximum atomic E-state index is 12.7. The van der Waals surface area contributed by atoms with E-state index in [9.17, 15) is 13.8 Å². The molecule has 0 spiro atoms. The van der Waals surface area contributed by atoms with E-state index in [1.807, 2.05) is 0 Å². The zero-order chi connectivity index (χ0) is 17.4. The molecule has 1 aromatic heterocycles. The van der Waals surface area contributed by atoms with Gasteiger partial charge in [-0.1, -0.05) is 24.3 Å². The third kappa shape index (κ3) is 2.28. The van der Waals surface area contributed by atoms with Gasteiger partial charge in [-0.3, -0.25) is 14.1 Å². The van der Waals surface area contributed by atoms with Crippen molar-refractivity contribution in [1.29, 1.82) is 0 Å². The fourth-order valence-corrected chi connectivity index (χ4v) is 3.08. The van der Waals surface area contributed by atoms with Crippen molar-refractivity contribution in [2.24, 2.45) is 0 Å². The van der Waals surface area contributed by atoms with Gasteiger partial charge in [-0.05, 0) is 12.1 Å². The summed E-state index contributed by atoms with van der Waals surface area (Å²) in [4.78, 5) is 31.9. The first-order valence-electron chi connectivity index (χ1n) is 6.84. The molecule has 0 fully saturated rings. The first kappa shape index (κ1) is 16.2. The third-order valence-electron chi connectivity index (χ3n) is 3.69. The second-order valence-corrected chi connectivity index (χ2v) is 5.76. The summed E-state index contributed by atoms with van der Waals surface area (Å²) in [5.74, 6) is -0.556. The number of hydrogen-bond donors (Lipinski definition) is 3. The highest BCUT2D eigenvalue weighted by Crippen LogP contribution is 2.31. The summed E-state index contributed by atoms with van der Waals surface area (Å²) in [6.45, 7) is 0. The Morgan fingerprint density at radius 3 is 2.21 bits per heavy atom. The van der Waals surface area contributed by atoms with Crippen LogP contribution in [-0.2, 0) is 11.1 Å².